The summed E-state index contributed by atoms with van der Waals surface area (Å²) in [5.74, 6) is 0. The minimum atomic E-state index is -4.41. The molecule has 0 amide bonds. The van der Waals surface area contributed by atoms with E-state index in [1.165, 1.54) is 12.1 Å². The normalized spacial score (nSPS) is 19.4. The zero-order valence-electron chi connectivity index (χ0n) is 12.8. The van der Waals surface area contributed by atoms with Crippen LogP contribution in [-0.2, 0) is 16.3 Å². The predicted molar refractivity (Wildman–Crippen MR) is 81.4 cm³/mol. The smallest absolute Gasteiger partial charge is 0.383 e. The summed E-state index contributed by atoms with van der Waals surface area (Å²) in [5, 5.41) is -0.239. The van der Waals surface area contributed by atoms with Crippen molar-refractivity contribution in [3.8, 4) is 0 Å². The molecule has 6 heteroatoms. The molecule has 1 fully saturated rings. The molecular weight excluding hydrogens is 315 g/mol. The van der Waals surface area contributed by atoms with Gasteiger partial charge in [0.05, 0.1) is 17.2 Å². The van der Waals surface area contributed by atoms with Crippen molar-refractivity contribution in [2.45, 2.75) is 31.4 Å². The number of ether oxygens (including phenoxy) is 1. The van der Waals surface area contributed by atoms with Gasteiger partial charge in [-0.1, -0.05) is 24.6 Å². The van der Waals surface area contributed by atoms with Crippen molar-refractivity contribution >= 4 is 11.6 Å². The standard InChI is InChI=1S/C16H21ClF3NO/c1-15(5-7-21(8-6-15)9-10-22-2)12-3-4-14(17)13(11-12)16(18,19)20/h3-4,11H,5-10H2,1-2H3. The van der Waals surface area contributed by atoms with Crippen LogP contribution in [0.2, 0.25) is 5.02 Å². The van der Waals surface area contributed by atoms with Crippen LogP contribution in [0.4, 0.5) is 13.2 Å². The van der Waals surface area contributed by atoms with Crippen molar-refractivity contribution in [3.05, 3.63) is 34.3 Å². The fourth-order valence-corrected chi connectivity index (χ4v) is 3.12. The van der Waals surface area contributed by atoms with Gasteiger partial charge in [0, 0.05) is 13.7 Å². The summed E-state index contributed by atoms with van der Waals surface area (Å²) >= 11 is 5.70. The number of nitrogens with zero attached hydrogens (tertiary/aromatic N) is 1. The second kappa shape index (κ2) is 6.77. The lowest BCUT2D eigenvalue weighted by molar-refractivity contribution is -0.137. The molecule has 1 aliphatic rings. The van der Waals surface area contributed by atoms with Crippen LogP contribution >= 0.6 is 11.6 Å². The Bertz CT molecular complexity index is 511. The van der Waals surface area contributed by atoms with Gasteiger partial charge in [0.1, 0.15) is 0 Å². The third-order valence-corrected chi connectivity index (χ3v) is 4.87. The van der Waals surface area contributed by atoms with Crippen molar-refractivity contribution in [1.29, 1.82) is 0 Å². The Labute approximate surface area is 134 Å². The number of piperidine rings is 1. The van der Waals surface area contributed by atoms with Gasteiger partial charge in [0.25, 0.3) is 0 Å². The van der Waals surface area contributed by atoms with Gasteiger partial charge in [-0.2, -0.15) is 13.2 Å². The van der Waals surface area contributed by atoms with E-state index in [4.69, 9.17) is 16.3 Å². The third kappa shape index (κ3) is 3.94. The van der Waals surface area contributed by atoms with Crippen LogP contribution in [0.3, 0.4) is 0 Å². The van der Waals surface area contributed by atoms with E-state index in [9.17, 15) is 13.2 Å². The van der Waals surface area contributed by atoms with Crippen LogP contribution in [0.1, 0.15) is 30.9 Å². The second-order valence-corrected chi connectivity index (χ2v) is 6.49. The molecule has 1 aromatic rings. The zero-order chi connectivity index (χ0) is 16.4. The highest BCUT2D eigenvalue weighted by Gasteiger charge is 2.37. The number of likely N-dealkylation sites (tertiary alicyclic amines) is 1. The van der Waals surface area contributed by atoms with E-state index in [1.54, 1.807) is 13.2 Å². The van der Waals surface area contributed by atoms with E-state index in [0.29, 0.717) is 6.61 Å². The maximum absolute atomic E-state index is 13.0. The van der Waals surface area contributed by atoms with Crippen molar-refractivity contribution < 1.29 is 17.9 Å². The molecule has 1 aromatic carbocycles. The van der Waals surface area contributed by atoms with E-state index < -0.39 is 11.7 Å². The van der Waals surface area contributed by atoms with E-state index in [0.717, 1.165) is 38.0 Å². The Balaban J connectivity index is 2.15. The van der Waals surface area contributed by atoms with Crippen molar-refractivity contribution in [1.82, 2.24) is 4.90 Å². The molecule has 0 spiro atoms. The number of rotatable bonds is 4. The Kier molecular flexibility index (Phi) is 5.41. The first-order chi connectivity index (χ1) is 10.3. The number of benzene rings is 1. The van der Waals surface area contributed by atoms with Crippen LogP contribution in [0.15, 0.2) is 18.2 Å². The van der Waals surface area contributed by atoms with Crippen LogP contribution in [0, 0.1) is 0 Å². The maximum Gasteiger partial charge on any atom is 0.417 e. The fourth-order valence-electron chi connectivity index (χ4n) is 2.90. The van der Waals surface area contributed by atoms with Gasteiger partial charge in [-0.05, 0) is 49.0 Å². The van der Waals surface area contributed by atoms with E-state index in [-0.39, 0.29) is 10.4 Å². The van der Waals surface area contributed by atoms with E-state index in [1.807, 2.05) is 6.92 Å². The molecule has 124 valence electrons. The number of hydrogen-bond acceptors (Lipinski definition) is 2. The molecule has 1 aliphatic heterocycles. The van der Waals surface area contributed by atoms with Crippen molar-refractivity contribution in [3.63, 3.8) is 0 Å². The SMILES string of the molecule is COCCN1CCC(C)(c2ccc(Cl)c(C(F)(F)F)c2)CC1. The summed E-state index contributed by atoms with van der Waals surface area (Å²) in [4.78, 5) is 2.28. The van der Waals surface area contributed by atoms with Gasteiger partial charge in [0.2, 0.25) is 0 Å². The molecule has 0 radical (unpaired) electrons. The maximum atomic E-state index is 13.0. The van der Waals surface area contributed by atoms with E-state index in [2.05, 4.69) is 4.90 Å². The zero-order valence-corrected chi connectivity index (χ0v) is 13.6. The summed E-state index contributed by atoms with van der Waals surface area (Å²) < 4.78 is 44.1. The largest absolute Gasteiger partial charge is 0.417 e. The first-order valence-electron chi connectivity index (χ1n) is 7.35. The molecule has 0 saturated carbocycles. The molecule has 1 saturated heterocycles. The fraction of sp³-hybridized carbons (Fsp3) is 0.625. The minimum Gasteiger partial charge on any atom is -0.383 e. The van der Waals surface area contributed by atoms with Crippen LogP contribution in [0.25, 0.3) is 0 Å². The Morgan fingerprint density at radius 2 is 1.91 bits per heavy atom. The molecule has 1 heterocycles. The average Bonchev–Trinajstić information content (AvgIpc) is 2.46. The Morgan fingerprint density at radius 3 is 2.45 bits per heavy atom. The number of alkyl halides is 3. The third-order valence-electron chi connectivity index (χ3n) is 4.54. The first kappa shape index (κ1) is 17.6. The Morgan fingerprint density at radius 1 is 1.27 bits per heavy atom. The lowest BCUT2D eigenvalue weighted by Crippen LogP contribution is -2.42. The molecular formula is C16H21ClF3NO. The second-order valence-electron chi connectivity index (χ2n) is 6.09. The molecule has 22 heavy (non-hydrogen) atoms. The highest BCUT2D eigenvalue weighted by molar-refractivity contribution is 6.31. The summed E-state index contributed by atoms with van der Waals surface area (Å²) in [6.07, 6.45) is -2.76. The highest BCUT2D eigenvalue weighted by Crippen LogP contribution is 2.40. The topological polar surface area (TPSA) is 12.5 Å². The number of halogens is 4. The predicted octanol–water partition coefficient (Wildman–Crippen LogP) is 4.36. The Hall–Kier alpha value is -0.780. The first-order valence-corrected chi connectivity index (χ1v) is 7.72. The van der Waals surface area contributed by atoms with Gasteiger partial charge >= 0.3 is 6.18 Å². The summed E-state index contributed by atoms with van der Waals surface area (Å²) in [6, 6.07) is 4.30. The lowest BCUT2D eigenvalue weighted by Gasteiger charge is -2.40. The van der Waals surface area contributed by atoms with Crippen molar-refractivity contribution in [2.75, 3.05) is 33.4 Å². The summed E-state index contributed by atoms with van der Waals surface area (Å²) in [5.41, 5.74) is -0.265. The van der Waals surface area contributed by atoms with Gasteiger partial charge < -0.3 is 9.64 Å². The minimum absolute atomic E-state index is 0.239. The number of hydrogen-bond donors (Lipinski definition) is 0. The van der Waals surface area contributed by atoms with Gasteiger partial charge in [-0.15, -0.1) is 0 Å². The summed E-state index contributed by atoms with van der Waals surface area (Å²) in [7, 11) is 1.67. The van der Waals surface area contributed by atoms with Gasteiger partial charge in [-0.25, -0.2) is 0 Å². The quantitative estimate of drug-likeness (QED) is 0.810. The van der Waals surface area contributed by atoms with Crippen LogP contribution < -0.4 is 0 Å². The molecule has 0 N–H and O–H groups in total. The van der Waals surface area contributed by atoms with Gasteiger partial charge in [0.15, 0.2) is 0 Å². The average molecular weight is 336 g/mol. The molecule has 2 rings (SSSR count). The molecule has 0 atom stereocenters. The van der Waals surface area contributed by atoms with Gasteiger partial charge in [-0.3, -0.25) is 0 Å². The number of methoxy groups -OCH3 is 1. The molecule has 0 unspecified atom stereocenters. The van der Waals surface area contributed by atoms with Crippen molar-refractivity contribution in [2.24, 2.45) is 0 Å². The summed E-state index contributed by atoms with van der Waals surface area (Å²) in [6.45, 7) is 5.30. The molecule has 2 nitrogen and oxygen atoms in total. The lowest BCUT2D eigenvalue weighted by atomic mass is 9.74. The molecule has 0 aromatic heterocycles. The van der Waals surface area contributed by atoms with Crippen LogP contribution in [-0.4, -0.2) is 38.3 Å². The van der Waals surface area contributed by atoms with Crippen LogP contribution in [0.5, 0.6) is 0 Å². The molecule has 0 bridgehead atoms. The highest BCUT2D eigenvalue weighted by atomic mass is 35.5. The monoisotopic (exact) mass is 335 g/mol. The molecule has 0 aliphatic carbocycles. The van der Waals surface area contributed by atoms with E-state index >= 15 is 0 Å².